The summed E-state index contributed by atoms with van der Waals surface area (Å²) < 4.78 is 69.0. The predicted molar refractivity (Wildman–Crippen MR) is 194 cm³/mol. The standard InChI is InChI=1S/C39H55NO12Se/c1-24-25(2)52-39(47-8,20-27(24)22-53(43)29-17-13-10-14-18-29)34(51-37(42)26-15-11-9-12-16-26)35(41)40-36-32-31(48-23-49-36)33(46-7)38(3,4)30(50-32)19-28(45-6)21-44-5/h9-18,24-25,27-28,30-34,36H,19-23H2,1-8H3,(H,40,41)/t24-,25+,27-,28-,30+,31-,32-,33+,34+,36+,39+,53?/m0/s1. The zero-order valence-electron chi connectivity index (χ0n) is 31.9. The van der Waals surface area contributed by atoms with Crippen LogP contribution in [0.2, 0.25) is 5.32 Å². The zero-order chi connectivity index (χ0) is 38.3. The number of methoxy groups -OCH3 is 4. The van der Waals surface area contributed by atoms with Crippen LogP contribution in [-0.2, 0) is 51.3 Å². The Morgan fingerprint density at radius 3 is 2.26 bits per heavy atom. The fraction of sp³-hybridized carbons (Fsp3) is 0.641. The van der Waals surface area contributed by atoms with Crippen molar-refractivity contribution >= 4 is 30.2 Å². The summed E-state index contributed by atoms with van der Waals surface area (Å²) in [5, 5.41) is 3.34. The third-order valence-electron chi connectivity index (χ3n) is 11.0. The van der Waals surface area contributed by atoms with E-state index in [1.165, 1.54) is 7.11 Å². The van der Waals surface area contributed by atoms with Crippen molar-refractivity contribution in [1.29, 1.82) is 0 Å². The molecule has 13 nitrogen and oxygen atoms in total. The SMILES string of the molecule is COC[C@H](C[C@H]1O[C@H]2[C@H](OCO[C@H]2NC(=O)[C@@H](OC(=O)c2ccccc2)[C@@]2(OC)C[C@@H](C[Se](=O)c3ccccc3)[C@@H](C)[C@@H](C)O2)[C@@H](OC)C1(C)C)OC. The molecule has 3 fully saturated rings. The number of benzene rings is 2. The Hall–Kier alpha value is -2.62. The first-order chi connectivity index (χ1) is 25.4. The molecule has 0 radical (unpaired) electrons. The van der Waals surface area contributed by atoms with Gasteiger partial charge in [-0.1, -0.05) is 13.8 Å². The molecule has 1 amide bonds. The van der Waals surface area contributed by atoms with E-state index in [0.29, 0.717) is 18.3 Å². The molecule has 3 aliphatic rings. The molecule has 12 atom stereocenters. The molecule has 53 heavy (non-hydrogen) atoms. The Bertz CT molecular complexity index is 1510. The van der Waals surface area contributed by atoms with Crippen LogP contribution in [0.15, 0.2) is 60.7 Å². The van der Waals surface area contributed by atoms with Crippen molar-refractivity contribution in [2.24, 2.45) is 17.3 Å². The van der Waals surface area contributed by atoms with Gasteiger partial charge in [0.15, 0.2) is 0 Å². The van der Waals surface area contributed by atoms with Gasteiger partial charge in [-0.25, -0.2) is 0 Å². The molecule has 14 heteroatoms. The van der Waals surface area contributed by atoms with Gasteiger partial charge in [0.2, 0.25) is 0 Å². The Balaban J connectivity index is 1.45. The molecule has 1 unspecified atom stereocenters. The van der Waals surface area contributed by atoms with Crippen molar-refractivity contribution in [3.63, 3.8) is 0 Å². The van der Waals surface area contributed by atoms with Gasteiger partial charge in [0.05, 0.1) is 12.7 Å². The average molecular weight is 809 g/mol. The Kier molecular flexibility index (Phi) is 14.4. The molecule has 0 aromatic heterocycles. The Morgan fingerprint density at radius 1 is 0.962 bits per heavy atom. The molecule has 2 aromatic rings. The summed E-state index contributed by atoms with van der Waals surface area (Å²) in [7, 11) is 6.27. The van der Waals surface area contributed by atoms with Gasteiger partial charge in [0.25, 0.3) is 0 Å². The summed E-state index contributed by atoms with van der Waals surface area (Å²) in [5.41, 5.74) is -0.282. The molecule has 0 aliphatic carbocycles. The molecule has 3 heterocycles. The van der Waals surface area contributed by atoms with Crippen molar-refractivity contribution < 1.29 is 56.1 Å². The summed E-state index contributed by atoms with van der Waals surface area (Å²) in [6.45, 7) is 8.21. The number of nitrogens with one attached hydrogen (secondary N) is 1. The summed E-state index contributed by atoms with van der Waals surface area (Å²) >= 11 is -2.48. The number of carbonyl (C=O) groups is 2. The third kappa shape index (κ3) is 9.27. The first kappa shape index (κ1) is 41.5. The summed E-state index contributed by atoms with van der Waals surface area (Å²) in [6, 6.07) is 17.8. The van der Waals surface area contributed by atoms with Gasteiger partial charge >= 0.3 is 260 Å². The summed E-state index contributed by atoms with van der Waals surface area (Å²) in [5.74, 6) is -3.40. The van der Waals surface area contributed by atoms with Crippen LogP contribution >= 0.6 is 0 Å². The third-order valence-corrected chi connectivity index (χ3v) is 14.2. The number of hydrogen-bond acceptors (Lipinski definition) is 12. The number of fused-ring (bicyclic) bond motifs is 1. The smallest absolute Gasteiger partial charge is 0.379 e. The second-order valence-electron chi connectivity index (χ2n) is 14.6. The maximum atomic E-state index is 14.7. The van der Waals surface area contributed by atoms with Crippen molar-refractivity contribution in [2.75, 3.05) is 41.8 Å². The Labute approximate surface area is 316 Å². The van der Waals surface area contributed by atoms with E-state index < -0.39 is 79.8 Å². The monoisotopic (exact) mass is 809 g/mol. The predicted octanol–water partition coefficient (Wildman–Crippen LogP) is 3.62. The molecule has 0 bridgehead atoms. The van der Waals surface area contributed by atoms with Crippen molar-refractivity contribution in [2.45, 2.75) is 101 Å². The first-order valence-corrected chi connectivity index (χ1v) is 20.8. The molecule has 0 spiro atoms. The fourth-order valence-electron chi connectivity index (χ4n) is 7.71. The van der Waals surface area contributed by atoms with E-state index in [-0.39, 0.29) is 36.7 Å². The number of ether oxygens (including phenoxy) is 9. The molecule has 5 rings (SSSR count). The number of carbonyl (C=O) groups excluding carboxylic acids is 2. The van der Waals surface area contributed by atoms with Crippen molar-refractivity contribution in [1.82, 2.24) is 5.32 Å². The van der Waals surface area contributed by atoms with Crippen LogP contribution in [0.5, 0.6) is 0 Å². The minimum Gasteiger partial charge on any atom is -0.379 e. The van der Waals surface area contributed by atoms with Gasteiger partial charge < -0.3 is 9.47 Å². The number of esters is 1. The molecular weight excluding hydrogens is 753 g/mol. The minimum absolute atomic E-state index is 0.0359. The van der Waals surface area contributed by atoms with Gasteiger partial charge in [-0.15, -0.1) is 0 Å². The van der Waals surface area contributed by atoms with Crippen LogP contribution in [0.1, 0.15) is 50.9 Å². The fourth-order valence-corrected chi connectivity index (χ4v) is 10.8. The molecule has 0 saturated carbocycles. The van der Waals surface area contributed by atoms with E-state index in [1.807, 2.05) is 58.0 Å². The van der Waals surface area contributed by atoms with Crippen LogP contribution in [-0.4, -0.2) is 122 Å². The first-order valence-electron chi connectivity index (χ1n) is 18.0. The van der Waals surface area contributed by atoms with Gasteiger partial charge in [0.1, 0.15) is 0 Å². The van der Waals surface area contributed by atoms with Crippen LogP contribution in [0.25, 0.3) is 0 Å². The molecule has 1 N–H and O–H groups in total. The summed E-state index contributed by atoms with van der Waals surface area (Å²) in [6.07, 6.45) is -4.98. The number of amides is 1. The number of hydrogen-bond donors (Lipinski definition) is 1. The van der Waals surface area contributed by atoms with Crippen LogP contribution in [0.3, 0.4) is 0 Å². The van der Waals surface area contributed by atoms with Gasteiger partial charge in [0, 0.05) is 21.3 Å². The molecular formula is C39H55NO12Se. The molecule has 3 aliphatic heterocycles. The van der Waals surface area contributed by atoms with Crippen molar-refractivity contribution in [3.8, 4) is 0 Å². The Morgan fingerprint density at radius 2 is 1.64 bits per heavy atom. The minimum atomic E-state index is -2.48. The van der Waals surface area contributed by atoms with E-state index in [2.05, 4.69) is 5.32 Å². The van der Waals surface area contributed by atoms with E-state index in [0.717, 1.165) is 4.46 Å². The van der Waals surface area contributed by atoms with Gasteiger partial charge in [-0.2, -0.15) is 0 Å². The van der Waals surface area contributed by atoms with E-state index in [4.69, 9.17) is 42.6 Å². The molecule has 2 aromatic carbocycles. The van der Waals surface area contributed by atoms with Gasteiger partial charge in [-0.3, -0.25) is 0 Å². The normalized spacial score (nSPS) is 32.8. The number of rotatable bonds is 15. The van der Waals surface area contributed by atoms with Crippen molar-refractivity contribution in [3.05, 3.63) is 66.2 Å². The second kappa shape index (κ2) is 18.3. The maximum absolute atomic E-state index is 14.7. The average Bonchev–Trinajstić information content (AvgIpc) is 3.16. The van der Waals surface area contributed by atoms with E-state index >= 15 is 0 Å². The van der Waals surface area contributed by atoms with Crippen LogP contribution in [0.4, 0.5) is 0 Å². The quantitative estimate of drug-likeness (QED) is 0.207. The van der Waals surface area contributed by atoms with E-state index in [9.17, 15) is 13.4 Å². The summed E-state index contributed by atoms with van der Waals surface area (Å²) in [4.78, 5) is 28.4. The zero-order valence-corrected chi connectivity index (χ0v) is 33.6. The molecule has 3 saturated heterocycles. The topological polar surface area (TPSA) is 146 Å². The van der Waals surface area contributed by atoms with Gasteiger partial charge in [-0.05, 0) is 0 Å². The molecule has 294 valence electrons. The second-order valence-corrected chi connectivity index (χ2v) is 17.7. The van der Waals surface area contributed by atoms with Crippen LogP contribution < -0.4 is 9.78 Å². The van der Waals surface area contributed by atoms with E-state index in [1.54, 1.807) is 51.7 Å². The van der Waals surface area contributed by atoms with Crippen LogP contribution in [0, 0.1) is 17.3 Å².